The fourth-order valence-electron chi connectivity index (χ4n) is 3.36. The van der Waals surface area contributed by atoms with E-state index < -0.39 is 0 Å². The molecule has 1 aliphatic rings. The lowest BCUT2D eigenvalue weighted by atomic mass is 10.2. The number of halogens is 1. The van der Waals surface area contributed by atoms with E-state index in [1.165, 1.54) is 17.5 Å². The van der Waals surface area contributed by atoms with Gasteiger partial charge in [-0.25, -0.2) is 0 Å². The van der Waals surface area contributed by atoms with Crippen LogP contribution in [0.1, 0.15) is 44.1 Å². The molecule has 156 valence electrons. The van der Waals surface area contributed by atoms with Gasteiger partial charge in [-0.1, -0.05) is 24.4 Å². The zero-order chi connectivity index (χ0) is 20.6. The summed E-state index contributed by atoms with van der Waals surface area (Å²) >= 11 is 5.99. The molecule has 0 radical (unpaired) electrons. The third kappa shape index (κ3) is 6.78. The highest BCUT2D eigenvalue weighted by Crippen LogP contribution is 2.21. The predicted octanol–water partition coefficient (Wildman–Crippen LogP) is 3.70. The van der Waals surface area contributed by atoms with Crippen LogP contribution in [0.4, 0.5) is 5.69 Å². The Morgan fingerprint density at radius 1 is 1.28 bits per heavy atom. The van der Waals surface area contributed by atoms with Crippen molar-refractivity contribution in [2.45, 2.75) is 58.0 Å². The van der Waals surface area contributed by atoms with Crippen molar-refractivity contribution in [3.63, 3.8) is 0 Å². The Kier molecular flexibility index (Phi) is 7.52. The molecule has 2 aromatic rings. The van der Waals surface area contributed by atoms with Gasteiger partial charge in [-0.05, 0) is 49.9 Å². The first-order valence-corrected chi connectivity index (χ1v) is 10.4. The van der Waals surface area contributed by atoms with Crippen LogP contribution in [0.5, 0.6) is 5.75 Å². The lowest BCUT2D eigenvalue weighted by molar-refractivity contribution is -0.122. The normalized spacial score (nSPS) is 14.0. The van der Waals surface area contributed by atoms with E-state index in [9.17, 15) is 9.59 Å². The van der Waals surface area contributed by atoms with Crippen molar-refractivity contribution in [1.29, 1.82) is 0 Å². The number of nitrogens with zero attached hydrogens (tertiary/aromatic N) is 2. The first-order chi connectivity index (χ1) is 14.0. The van der Waals surface area contributed by atoms with Gasteiger partial charge >= 0.3 is 0 Å². The molecule has 0 saturated heterocycles. The van der Waals surface area contributed by atoms with E-state index in [2.05, 4.69) is 15.7 Å². The summed E-state index contributed by atoms with van der Waals surface area (Å²) in [6.07, 6.45) is 8.58. The molecule has 1 aromatic heterocycles. The minimum atomic E-state index is -0.115. The number of benzene rings is 1. The summed E-state index contributed by atoms with van der Waals surface area (Å²) < 4.78 is 7.18. The smallest absolute Gasteiger partial charge is 0.241 e. The number of rotatable bonds is 9. The van der Waals surface area contributed by atoms with Gasteiger partial charge in [0, 0.05) is 23.7 Å². The molecular formula is C21H27ClN4O3. The van der Waals surface area contributed by atoms with Crippen molar-refractivity contribution in [3.8, 4) is 5.75 Å². The number of carbonyl (C=O) groups excluding carboxylic acids is 2. The number of hydrogen-bond donors (Lipinski definition) is 2. The minimum absolute atomic E-state index is 0.0486. The molecule has 0 aliphatic heterocycles. The summed E-state index contributed by atoms with van der Waals surface area (Å²) in [7, 11) is 0. The van der Waals surface area contributed by atoms with Gasteiger partial charge in [0.2, 0.25) is 11.8 Å². The number of aromatic nitrogens is 2. The summed E-state index contributed by atoms with van der Waals surface area (Å²) in [5.41, 5.74) is 1.54. The van der Waals surface area contributed by atoms with E-state index in [0.717, 1.165) is 24.2 Å². The van der Waals surface area contributed by atoms with Gasteiger partial charge in [0.25, 0.3) is 0 Å². The molecule has 1 heterocycles. The highest BCUT2D eigenvalue weighted by Gasteiger charge is 2.17. The molecule has 29 heavy (non-hydrogen) atoms. The molecule has 1 fully saturated rings. The molecule has 2 N–H and O–H groups in total. The van der Waals surface area contributed by atoms with Crippen LogP contribution >= 0.6 is 11.6 Å². The molecule has 7 nitrogen and oxygen atoms in total. The second-order valence-corrected chi connectivity index (χ2v) is 7.79. The maximum Gasteiger partial charge on any atom is 0.241 e. The zero-order valence-corrected chi connectivity index (χ0v) is 17.4. The van der Waals surface area contributed by atoms with Gasteiger partial charge in [-0.3, -0.25) is 14.3 Å². The second-order valence-electron chi connectivity index (χ2n) is 7.39. The highest BCUT2D eigenvalue weighted by molar-refractivity contribution is 6.31. The molecule has 1 aliphatic carbocycles. The Balaban J connectivity index is 1.35. The van der Waals surface area contributed by atoms with Crippen LogP contribution in [0.2, 0.25) is 5.02 Å². The van der Waals surface area contributed by atoms with Crippen LogP contribution in [-0.4, -0.2) is 34.2 Å². The topological polar surface area (TPSA) is 85.2 Å². The van der Waals surface area contributed by atoms with Gasteiger partial charge in [-0.2, -0.15) is 5.10 Å². The maximum atomic E-state index is 12.1. The van der Waals surface area contributed by atoms with Crippen LogP contribution in [-0.2, 0) is 16.1 Å². The Morgan fingerprint density at radius 2 is 2.07 bits per heavy atom. The summed E-state index contributed by atoms with van der Waals surface area (Å²) in [5.74, 6) is 0.577. The Hall–Kier alpha value is -2.54. The van der Waals surface area contributed by atoms with E-state index in [1.807, 2.05) is 19.1 Å². The van der Waals surface area contributed by atoms with Crippen molar-refractivity contribution in [1.82, 2.24) is 15.1 Å². The minimum Gasteiger partial charge on any atom is -0.494 e. The maximum absolute atomic E-state index is 12.1. The van der Waals surface area contributed by atoms with E-state index in [1.54, 1.807) is 18.5 Å². The molecule has 1 saturated carbocycles. The van der Waals surface area contributed by atoms with Crippen LogP contribution in [0, 0.1) is 6.92 Å². The largest absolute Gasteiger partial charge is 0.494 e. The molecule has 0 spiro atoms. The van der Waals surface area contributed by atoms with Gasteiger partial charge < -0.3 is 15.4 Å². The third-order valence-corrected chi connectivity index (χ3v) is 5.31. The van der Waals surface area contributed by atoms with Crippen LogP contribution in [0.3, 0.4) is 0 Å². The fraction of sp³-hybridized carbons (Fsp3) is 0.476. The second kappa shape index (κ2) is 10.3. The van der Waals surface area contributed by atoms with Gasteiger partial charge in [0.15, 0.2) is 0 Å². The Bertz CT molecular complexity index is 846. The first kappa shape index (κ1) is 21.2. The Morgan fingerprint density at radius 3 is 2.83 bits per heavy atom. The van der Waals surface area contributed by atoms with Gasteiger partial charge in [-0.15, -0.1) is 0 Å². The molecule has 2 amide bonds. The summed E-state index contributed by atoms with van der Waals surface area (Å²) in [6.45, 7) is 2.51. The standard InChI is InChI=1S/C21H27ClN4O3/c1-15-11-18(8-9-19(15)22)29-10-4-7-20(27)25-17-12-23-26(13-17)14-21(28)24-16-5-2-3-6-16/h8-9,11-13,16H,2-7,10,14H2,1H3,(H,24,28)(H,25,27). The van der Waals surface area contributed by atoms with E-state index in [-0.39, 0.29) is 24.4 Å². The quantitative estimate of drug-likeness (QED) is 0.608. The molecule has 0 atom stereocenters. The SMILES string of the molecule is Cc1cc(OCCCC(=O)Nc2cnn(CC(=O)NC3CCCC3)c2)ccc1Cl. The predicted molar refractivity (Wildman–Crippen MR) is 112 cm³/mol. The zero-order valence-electron chi connectivity index (χ0n) is 16.6. The molecule has 0 unspecified atom stereocenters. The van der Waals surface area contributed by atoms with Crippen molar-refractivity contribution in [2.24, 2.45) is 0 Å². The van der Waals surface area contributed by atoms with E-state index in [0.29, 0.717) is 30.2 Å². The number of nitrogens with one attached hydrogen (secondary N) is 2. The molecule has 1 aromatic carbocycles. The number of hydrogen-bond acceptors (Lipinski definition) is 4. The lowest BCUT2D eigenvalue weighted by Gasteiger charge is -2.11. The lowest BCUT2D eigenvalue weighted by Crippen LogP contribution is -2.35. The molecule has 0 bridgehead atoms. The summed E-state index contributed by atoms with van der Waals surface area (Å²) in [6, 6.07) is 5.77. The van der Waals surface area contributed by atoms with Crippen molar-refractivity contribution >= 4 is 29.1 Å². The van der Waals surface area contributed by atoms with E-state index >= 15 is 0 Å². The van der Waals surface area contributed by atoms with Crippen LogP contribution < -0.4 is 15.4 Å². The van der Waals surface area contributed by atoms with Gasteiger partial charge in [0.05, 0.1) is 18.5 Å². The number of amides is 2. The van der Waals surface area contributed by atoms with Crippen molar-refractivity contribution < 1.29 is 14.3 Å². The monoisotopic (exact) mass is 418 g/mol. The number of aryl methyl sites for hydroxylation is 1. The number of ether oxygens (including phenoxy) is 1. The first-order valence-electron chi connectivity index (χ1n) is 10.0. The molecule has 3 rings (SSSR count). The highest BCUT2D eigenvalue weighted by atomic mass is 35.5. The van der Waals surface area contributed by atoms with Crippen LogP contribution in [0.25, 0.3) is 0 Å². The average Bonchev–Trinajstić information content (AvgIpc) is 3.34. The van der Waals surface area contributed by atoms with Crippen LogP contribution in [0.15, 0.2) is 30.6 Å². The van der Waals surface area contributed by atoms with E-state index in [4.69, 9.17) is 16.3 Å². The summed E-state index contributed by atoms with van der Waals surface area (Å²) in [4.78, 5) is 24.1. The fourth-order valence-corrected chi connectivity index (χ4v) is 3.48. The average molecular weight is 419 g/mol. The number of anilines is 1. The Labute approximate surface area is 175 Å². The molecular weight excluding hydrogens is 392 g/mol. The van der Waals surface area contributed by atoms with Crippen molar-refractivity contribution in [2.75, 3.05) is 11.9 Å². The van der Waals surface area contributed by atoms with Gasteiger partial charge in [0.1, 0.15) is 12.3 Å². The number of carbonyl (C=O) groups is 2. The third-order valence-electron chi connectivity index (χ3n) is 4.89. The molecule has 8 heteroatoms. The summed E-state index contributed by atoms with van der Waals surface area (Å²) in [5, 5.41) is 10.7. The van der Waals surface area contributed by atoms with Crippen molar-refractivity contribution in [3.05, 3.63) is 41.2 Å².